The predicted molar refractivity (Wildman–Crippen MR) is 65.0 cm³/mol. The van der Waals surface area contributed by atoms with Crippen LogP contribution in [0.4, 0.5) is 0 Å². The number of nitrogens with zero attached hydrogens (tertiary/aromatic N) is 4. The monoisotopic (exact) mass is 291 g/mol. The van der Waals surface area contributed by atoms with Gasteiger partial charge in [0.1, 0.15) is 5.39 Å². The number of nitrogens with one attached hydrogen (secondary N) is 1. The van der Waals surface area contributed by atoms with E-state index in [0.29, 0.717) is 11.0 Å². The zero-order valence-electron chi connectivity index (χ0n) is 8.46. The molecule has 0 fully saturated rings. The second-order valence-electron chi connectivity index (χ2n) is 3.39. The maximum absolute atomic E-state index is 11.5. The van der Waals surface area contributed by atoms with Crippen LogP contribution in [0, 0.1) is 0 Å². The first-order valence-electron chi connectivity index (χ1n) is 4.78. The summed E-state index contributed by atoms with van der Waals surface area (Å²) < 4.78 is 2.41. The van der Waals surface area contributed by atoms with Gasteiger partial charge in [-0.25, -0.2) is 9.67 Å². The van der Waals surface area contributed by atoms with Crippen molar-refractivity contribution in [3.63, 3.8) is 0 Å². The summed E-state index contributed by atoms with van der Waals surface area (Å²) in [5.74, 6) is 0. The Labute approximate surface area is 103 Å². The molecule has 0 aromatic carbocycles. The number of fused-ring (bicyclic) bond motifs is 1. The Hall–Kier alpha value is -2.02. The Kier molecular flexibility index (Phi) is 2.25. The second kappa shape index (κ2) is 3.77. The first kappa shape index (κ1) is 10.2. The standard InChI is InChI=1S/C10H6BrN5O/c11-6-1-7(3-12-2-6)16-9-8(4-15-16)10(17)14-5-13-9/h1-5H,(H,13,14,17). The number of rotatable bonds is 1. The maximum atomic E-state index is 11.5. The van der Waals surface area contributed by atoms with E-state index in [4.69, 9.17) is 0 Å². The molecule has 3 rings (SSSR count). The minimum atomic E-state index is -0.204. The fraction of sp³-hybridized carbons (Fsp3) is 0. The van der Waals surface area contributed by atoms with Gasteiger partial charge in [0.2, 0.25) is 0 Å². The van der Waals surface area contributed by atoms with E-state index in [9.17, 15) is 4.79 Å². The summed E-state index contributed by atoms with van der Waals surface area (Å²) in [6, 6.07) is 1.85. The average molecular weight is 292 g/mol. The van der Waals surface area contributed by atoms with Crippen molar-refractivity contribution in [2.45, 2.75) is 0 Å². The number of hydrogen-bond acceptors (Lipinski definition) is 4. The van der Waals surface area contributed by atoms with Crippen LogP contribution in [0.15, 0.2) is 40.3 Å². The van der Waals surface area contributed by atoms with Crippen LogP contribution in [-0.2, 0) is 0 Å². The van der Waals surface area contributed by atoms with Crippen LogP contribution in [0.25, 0.3) is 16.7 Å². The molecule has 0 atom stereocenters. The van der Waals surface area contributed by atoms with Gasteiger partial charge in [0.05, 0.1) is 24.4 Å². The van der Waals surface area contributed by atoms with Crippen molar-refractivity contribution in [2.75, 3.05) is 0 Å². The quantitative estimate of drug-likeness (QED) is 0.732. The molecule has 3 aromatic rings. The third-order valence-corrected chi connectivity index (χ3v) is 2.74. The lowest BCUT2D eigenvalue weighted by atomic mass is 10.4. The maximum Gasteiger partial charge on any atom is 0.261 e. The highest BCUT2D eigenvalue weighted by Gasteiger charge is 2.08. The van der Waals surface area contributed by atoms with E-state index < -0.39 is 0 Å². The summed E-state index contributed by atoms with van der Waals surface area (Å²) in [5.41, 5.74) is 1.05. The third kappa shape index (κ3) is 1.64. The van der Waals surface area contributed by atoms with Crippen LogP contribution in [0.1, 0.15) is 0 Å². The molecule has 6 nitrogen and oxygen atoms in total. The van der Waals surface area contributed by atoms with E-state index in [2.05, 4.69) is 36.0 Å². The highest BCUT2D eigenvalue weighted by Crippen LogP contribution is 2.16. The minimum Gasteiger partial charge on any atom is -0.312 e. The number of aromatic nitrogens is 5. The summed E-state index contributed by atoms with van der Waals surface area (Å²) in [5, 5.41) is 4.59. The first-order valence-corrected chi connectivity index (χ1v) is 5.57. The molecule has 3 heterocycles. The van der Waals surface area contributed by atoms with Crippen LogP contribution in [0.5, 0.6) is 0 Å². The van der Waals surface area contributed by atoms with E-state index in [0.717, 1.165) is 10.2 Å². The van der Waals surface area contributed by atoms with Gasteiger partial charge in [0.15, 0.2) is 5.65 Å². The Morgan fingerprint density at radius 1 is 1.29 bits per heavy atom. The molecule has 0 aliphatic rings. The number of hydrogen-bond donors (Lipinski definition) is 1. The topological polar surface area (TPSA) is 76.5 Å². The van der Waals surface area contributed by atoms with Crippen LogP contribution in [0.3, 0.4) is 0 Å². The van der Waals surface area contributed by atoms with Gasteiger partial charge in [-0.3, -0.25) is 9.78 Å². The molecule has 0 spiro atoms. The van der Waals surface area contributed by atoms with Gasteiger partial charge in [-0.05, 0) is 22.0 Å². The highest BCUT2D eigenvalue weighted by molar-refractivity contribution is 9.10. The SMILES string of the molecule is O=c1[nH]cnc2c1cnn2-c1cncc(Br)c1. The van der Waals surface area contributed by atoms with E-state index in [1.807, 2.05) is 6.07 Å². The highest BCUT2D eigenvalue weighted by atomic mass is 79.9. The molecular formula is C10H6BrN5O. The minimum absolute atomic E-state index is 0.204. The fourth-order valence-corrected chi connectivity index (χ4v) is 1.91. The normalized spacial score (nSPS) is 10.9. The molecule has 0 bridgehead atoms. The summed E-state index contributed by atoms with van der Waals surface area (Å²) in [6.45, 7) is 0. The Balaban J connectivity index is 2.32. The molecule has 3 aromatic heterocycles. The molecule has 1 N–H and O–H groups in total. The number of halogens is 1. The van der Waals surface area contributed by atoms with Crippen molar-refractivity contribution in [1.82, 2.24) is 24.7 Å². The van der Waals surface area contributed by atoms with Crippen molar-refractivity contribution in [3.8, 4) is 5.69 Å². The van der Waals surface area contributed by atoms with Crippen LogP contribution < -0.4 is 5.56 Å². The Morgan fingerprint density at radius 3 is 3.00 bits per heavy atom. The van der Waals surface area contributed by atoms with Gasteiger partial charge < -0.3 is 4.98 Å². The molecule has 84 valence electrons. The summed E-state index contributed by atoms with van der Waals surface area (Å²) >= 11 is 3.33. The molecule has 0 saturated carbocycles. The van der Waals surface area contributed by atoms with E-state index >= 15 is 0 Å². The molecular weight excluding hydrogens is 286 g/mol. The Bertz CT molecular complexity index is 748. The van der Waals surface area contributed by atoms with Gasteiger partial charge in [0, 0.05) is 10.7 Å². The van der Waals surface area contributed by atoms with E-state index in [1.54, 1.807) is 17.1 Å². The number of pyridine rings is 1. The zero-order valence-corrected chi connectivity index (χ0v) is 10.0. The van der Waals surface area contributed by atoms with Gasteiger partial charge in [-0.2, -0.15) is 5.10 Å². The molecule has 0 saturated heterocycles. The van der Waals surface area contributed by atoms with Crippen molar-refractivity contribution in [1.29, 1.82) is 0 Å². The molecule has 0 radical (unpaired) electrons. The molecule has 0 unspecified atom stereocenters. The predicted octanol–water partition coefficient (Wildman–Crippen LogP) is 1.27. The lowest BCUT2D eigenvalue weighted by Crippen LogP contribution is -2.06. The van der Waals surface area contributed by atoms with Gasteiger partial charge >= 0.3 is 0 Å². The lowest BCUT2D eigenvalue weighted by Gasteiger charge is -2.01. The molecule has 7 heteroatoms. The van der Waals surface area contributed by atoms with E-state index in [1.165, 1.54) is 12.5 Å². The van der Waals surface area contributed by atoms with Crippen LogP contribution in [0.2, 0.25) is 0 Å². The van der Waals surface area contributed by atoms with E-state index in [-0.39, 0.29) is 5.56 Å². The van der Waals surface area contributed by atoms with Crippen molar-refractivity contribution < 1.29 is 0 Å². The average Bonchev–Trinajstić information content (AvgIpc) is 2.74. The third-order valence-electron chi connectivity index (χ3n) is 2.31. The lowest BCUT2D eigenvalue weighted by molar-refractivity contribution is 0.886. The molecule has 0 aliphatic heterocycles. The van der Waals surface area contributed by atoms with Crippen LogP contribution >= 0.6 is 15.9 Å². The molecule has 0 amide bonds. The molecule has 17 heavy (non-hydrogen) atoms. The largest absolute Gasteiger partial charge is 0.312 e. The van der Waals surface area contributed by atoms with Crippen molar-refractivity contribution in [2.24, 2.45) is 0 Å². The van der Waals surface area contributed by atoms with Crippen LogP contribution in [-0.4, -0.2) is 24.7 Å². The Morgan fingerprint density at radius 2 is 2.18 bits per heavy atom. The fourth-order valence-electron chi connectivity index (χ4n) is 1.56. The molecule has 0 aliphatic carbocycles. The zero-order chi connectivity index (χ0) is 11.8. The number of aromatic amines is 1. The van der Waals surface area contributed by atoms with Crippen molar-refractivity contribution in [3.05, 3.63) is 45.8 Å². The first-order chi connectivity index (χ1) is 8.25. The van der Waals surface area contributed by atoms with Gasteiger partial charge in [0.25, 0.3) is 5.56 Å². The second-order valence-corrected chi connectivity index (χ2v) is 4.30. The van der Waals surface area contributed by atoms with Gasteiger partial charge in [-0.1, -0.05) is 0 Å². The summed E-state index contributed by atoms with van der Waals surface area (Å²) in [4.78, 5) is 22.2. The number of H-pyrrole nitrogens is 1. The summed E-state index contributed by atoms with van der Waals surface area (Å²) in [7, 11) is 0. The van der Waals surface area contributed by atoms with Gasteiger partial charge in [-0.15, -0.1) is 0 Å². The van der Waals surface area contributed by atoms with Crippen molar-refractivity contribution >= 4 is 27.0 Å². The summed E-state index contributed by atoms with van der Waals surface area (Å²) in [6.07, 6.45) is 6.17. The smallest absolute Gasteiger partial charge is 0.261 e.